The third-order valence-corrected chi connectivity index (χ3v) is 6.42. The standard InChI is InChI=1S/C28H45N3O5/c1-3-35-20-15-18-29-28(34)24-22-26(32)31(2)19-13-9-7-5-4-6-8-10-14-21-36-25-17-12-11-16-23(25)27(33)30-24/h11-12,16-17,24H,3-10,13-15,18-22H2,1-2H3,(H,29,34)(H,30,33)/t24-/m0/s1. The molecule has 1 aromatic carbocycles. The smallest absolute Gasteiger partial charge is 0.255 e. The van der Waals surface area contributed by atoms with Crippen molar-refractivity contribution in [3.63, 3.8) is 0 Å². The van der Waals surface area contributed by atoms with Gasteiger partial charge in [0, 0.05) is 33.4 Å². The second kappa shape index (κ2) is 17.8. The number of carbonyl (C=O) groups is 3. The lowest BCUT2D eigenvalue weighted by atomic mass is 10.1. The number of para-hydroxylation sites is 1. The van der Waals surface area contributed by atoms with Crippen LogP contribution in [-0.4, -0.2) is 68.6 Å². The molecule has 0 spiro atoms. The van der Waals surface area contributed by atoms with Gasteiger partial charge in [-0.1, -0.05) is 57.1 Å². The van der Waals surface area contributed by atoms with E-state index in [4.69, 9.17) is 9.47 Å². The number of nitrogens with zero attached hydrogens (tertiary/aromatic N) is 1. The zero-order valence-corrected chi connectivity index (χ0v) is 22.2. The van der Waals surface area contributed by atoms with Gasteiger partial charge in [-0.25, -0.2) is 0 Å². The van der Waals surface area contributed by atoms with Crippen LogP contribution < -0.4 is 15.4 Å². The third-order valence-electron chi connectivity index (χ3n) is 6.42. The highest BCUT2D eigenvalue weighted by Crippen LogP contribution is 2.19. The van der Waals surface area contributed by atoms with Gasteiger partial charge in [-0.3, -0.25) is 14.4 Å². The number of rotatable bonds is 6. The average Bonchev–Trinajstić information content (AvgIpc) is 2.88. The predicted molar refractivity (Wildman–Crippen MR) is 141 cm³/mol. The Bertz CT molecular complexity index is 801. The number of carbonyl (C=O) groups excluding carboxylic acids is 3. The van der Waals surface area contributed by atoms with Gasteiger partial charge < -0.3 is 25.0 Å². The number of hydrogen-bond donors (Lipinski definition) is 2. The third kappa shape index (κ3) is 11.4. The van der Waals surface area contributed by atoms with Crippen LogP contribution in [0.25, 0.3) is 0 Å². The summed E-state index contributed by atoms with van der Waals surface area (Å²) in [6, 6.07) is 6.07. The van der Waals surface area contributed by atoms with Crippen molar-refractivity contribution >= 4 is 17.7 Å². The fraction of sp³-hybridized carbons (Fsp3) is 0.679. The van der Waals surface area contributed by atoms with Crippen LogP contribution in [0.2, 0.25) is 0 Å². The minimum Gasteiger partial charge on any atom is -0.493 e. The van der Waals surface area contributed by atoms with Crippen molar-refractivity contribution in [2.75, 3.05) is 40.0 Å². The second-order valence-corrected chi connectivity index (χ2v) is 9.41. The maximum absolute atomic E-state index is 13.2. The molecular formula is C28H45N3O5. The van der Waals surface area contributed by atoms with Gasteiger partial charge in [0.1, 0.15) is 11.8 Å². The zero-order valence-electron chi connectivity index (χ0n) is 22.2. The Kier molecular flexibility index (Phi) is 14.6. The number of amides is 3. The monoisotopic (exact) mass is 503 g/mol. The Balaban J connectivity index is 2.12. The lowest BCUT2D eigenvalue weighted by Crippen LogP contribution is -2.49. The SMILES string of the molecule is CCOCCCNC(=O)[C@@H]1CC(=O)N(C)CCCCCCCCCCCOc2ccccc2C(=O)N1. The number of ether oxygens (including phenoxy) is 2. The first kappa shape index (κ1) is 29.6. The van der Waals surface area contributed by atoms with E-state index in [1.165, 1.54) is 32.1 Å². The van der Waals surface area contributed by atoms with Crippen LogP contribution in [0.3, 0.4) is 0 Å². The molecule has 0 radical (unpaired) electrons. The topological polar surface area (TPSA) is 97.0 Å². The van der Waals surface area contributed by atoms with Gasteiger partial charge >= 0.3 is 0 Å². The highest BCUT2D eigenvalue weighted by molar-refractivity contribution is 6.00. The van der Waals surface area contributed by atoms with E-state index >= 15 is 0 Å². The minimum absolute atomic E-state index is 0.0947. The van der Waals surface area contributed by atoms with E-state index in [-0.39, 0.29) is 18.2 Å². The molecule has 0 fully saturated rings. The highest BCUT2D eigenvalue weighted by Gasteiger charge is 2.26. The molecule has 8 heteroatoms. The maximum Gasteiger partial charge on any atom is 0.255 e. The van der Waals surface area contributed by atoms with E-state index in [1.807, 2.05) is 13.0 Å². The highest BCUT2D eigenvalue weighted by atomic mass is 16.5. The van der Waals surface area contributed by atoms with E-state index in [9.17, 15) is 14.4 Å². The molecule has 0 unspecified atom stereocenters. The molecule has 0 aromatic heterocycles. The van der Waals surface area contributed by atoms with Crippen molar-refractivity contribution in [3.05, 3.63) is 29.8 Å². The Morgan fingerprint density at radius 2 is 1.72 bits per heavy atom. The molecule has 3 amide bonds. The summed E-state index contributed by atoms with van der Waals surface area (Å²) in [4.78, 5) is 40.7. The number of benzene rings is 1. The minimum atomic E-state index is -0.974. The Hall–Kier alpha value is -2.61. The molecule has 0 saturated carbocycles. The predicted octanol–water partition coefficient (Wildman–Crippen LogP) is 4.08. The van der Waals surface area contributed by atoms with Gasteiger partial charge in [0.25, 0.3) is 5.91 Å². The van der Waals surface area contributed by atoms with Crippen LogP contribution in [0.4, 0.5) is 0 Å². The Morgan fingerprint density at radius 1 is 1.06 bits per heavy atom. The van der Waals surface area contributed by atoms with Crippen molar-refractivity contribution in [3.8, 4) is 5.75 Å². The van der Waals surface area contributed by atoms with Gasteiger partial charge in [0.15, 0.2) is 0 Å². The first-order valence-corrected chi connectivity index (χ1v) is 13.6. The first-order valence-electron chi connectivity index (χ1n) is 13.6. The fourth-order valence-electron chi connectivity index (χ4n) is 4.20. The van der Waals surface area contributed by atoms with Crippen LogP contribution in [0.15, 0.2) is 24.3 Å². The van der Waals surface area contributed by atoms with Crippen molar-refractivity contribution in [2.45, 2.75) is 83.6 Å². The summed E-state index contributed by atoms with van der Waals surface area (Å²) in [5.41, 5.74) is 0.363. The van der Waals surface area contributed by atoms with Gasteiger partial charge in [-0.15, -0.1) is 0 Å². The fourth-order valence-corrected chi connectivity index (χ4v) is 4.20. The van der Waals surface area contributed by atoms with Crippen LogP contribution in [0.5, 0.6) is 5.75 Å². The zero-order chi connectivity index (χ0) is 26.0. The Labute approximate surface area is 216 Å². The molecule has 0 aliphatic carbocycles. The van der Waals surface area contributed by atoms with Crippen molar-refractivity contribution in [2.24, 2.45) is 0 Å². The molecule has 1 heterocycles. The Morgan fingerprint density at radius 3 is 2.44 bits per heavy atom. The number of fused-ring (bicyclic) bond motifs is 1. The molecule has 8 nitrogen and oxygen atoms in total. The van der Waals surface area contributed by atoms with Crippen LogP contribution in [0.1, 0.15) is 87.9 Å². The van der Waals surface area contributed by atoms with Gasteiger partial charge in [-0.05, 0) is 38.3 Å². The molecule has 1 aromatic rings. The molecule has 2 N–H and O–H groups in total. The van der Waals surface area contributed by atoms with E-state index in [1.54, 1.807) is 30.1 Å². The summed E-state index contributed by atoms with van der Waals surface area (Å²) in [5, 5.41) is 5.63. The van der Waals surface area contributed by atoms with E-state index in [0.29, 0.717) is 50.6 Å². The molecular weight excluding hydrogens is 458 g/mol. The molecule has 2 rings (SSSR count). The quantitative estimate of drug-likeness (QED) is 0.570. The molecule has 1 aliphatic rings. The van der Waals surface area contributed by atoms with Crippen LogP contribution >= 0.6 is 0 Å². The summed E-state index contributed by atoms with van der Waals surface area (Å²) in [6.45, 7) is 4.68. The molecule has 202 valence electrons. The summed E-state index contributed by atoms with van der Waals surface area (Å²) in [7, 11) is 1.76. The average molecular weight is 504 g/mol. The van der Waals surface area contributed by atoms with Crippen LogP contribution in [-0.2, 0) is 14.3 Å². The normalized spacial score (nSPS) is 19.5. The van der Waals surface area contributed by atoms with Crippen molar-refractivity contribution < 1.29 is 23.9 Å². The maximum atomic E-state index is 13.2. The summed E-state index contributed by atoms with van der Waals surface area (Å²) in [6.07, 6.45) is 10.7. The van der Waals surface area contributed by atoms with E-state index in [0.717, 1.165) is 25.7 Å². The van der Waals surface area contributed by atoms with Crippen LogP contribution in [0, 0.1) is 0 Å². The largest absolute Gasteiger partial charge is 0.493 e. The van der Waals surface area contributed by atoms with Gasteiger partial charge in [0.2, 0.25) is 11.8 Å². The molecule has 0 bridgehead atoms. The van der Waals surface area contributed by atoms with E-state index < -0.39 is 11.9 Å². The summed E-state index contributed by atoms with van der Waals surface area (Å²) in [5.74, 6) is -0.473. The summed E-state index contributed by atoms with van der Waals surface area (Å²) < 4.78 is 11.2. The van der Waals surface area contributed by atoms with Crippen molar-refractivity contribution in [1.82, 2.24) is 15.5 Å². The number of nitrogens with one attached hydrogen (secondary N) is 2. The van der Waals surface area contributed by atoms with Crippen molar-refractivity contribution in [1.29, 1.82) is 0 Å². The second-order valence-electron chi connectivity index (χ2n) is 9.41. The molecule has 1 aliphatic heterocycles. The molecule has 36 heavy (non-hydrogen) atoms. The van der Waals surface area contributed by atoms with Gasteiger partial charge in [0.05, 0.1) is 18.6 Å². The molecule has 1 atom stereocenters. The molecule has 0 saturated heterocycles. The van der Waals surface area contributed by atoms with E-state index in [2.05, 4.69) is 10.6 Å². The van der Waals surface area contributed by atoms with Gasteiger partial charge in [-0.2, -0.15) is 0 Å². The lowest BCUT2D eigenvalue weighted by Gasteiger charge is -2.23. The summed E-state index contributed by atoms with van der Waals surface area (Å²) >= 11 is 0. The first-order chi connectivity index (χ1) is 17.5. The number of hydrogen-bond acceptors (Lipinski definition) is 5. The lowest BCUT2D eigenvalue weighted by molar-refractivity contribution is -0.133.